The Labute approximate surface area is 121 Å². The molecule has 1 heterocycles. The molecule has 1 aliphatic rings. The van der Waals surface area contributed by atoms with Crippen LogP contribution < -0.4 is 5.32 Å². The minimum absolute atomic E-state index is 0.136. The minimum Gasteiger partial charge on any atom is -0.368 e. The van der Waals surface area contributed by atoms with E-state index >= 15 is 0 Å². The first-order chi connectivity index (χ1) is 9.41. The molecule has 0 bridgehead atoms. The Balaban J connectivity index is 2.12. The van der Waals surface area contributed by atoms with Gasteiger partial charge in [0, 0.05) is 18.8 Å². The van der Waals surface area contributed by atoms with Gasteiger partial charge in [0.2, 0.25) is 0 Å². The SMILES string of the molecule is CN(C)CC(C)(C)CNc1nc2c(cc1C#N)CCC2. The van der Waals surface area contributed by atoms with Gasteiger partial charge < -0.3 is 10.2 Å². The van der Waals surface area contributed by atoms with Crippen molar-refractivity contribution in [3.8, 4) is 6.07 Å². The first-order valence-corrected chi connectivity index (χ1v) is 7.23. The Hall–Kier alpha value is -1.60. The van der Waals surface area contributed by atoms with E-state index in [1.165, 1.54) is 5.56 Å². The van der Waals surface area contributed by atoms with Crippen molar-refractivity contribution < 1.29 is 0 Å². The Morgan fingerprint density at radius 3 is 2.80 bits per heavy atom. The van der Waals surface area contributed by atoms with E-state index in [0.29, 0.717) is 5.56 Å². The van der Waals surface area contributed by atoms with Crippen LogP contribution in [0.25, 0.3) is 0 Å². The van der Waals surface area contributed by atoms with Crippen LogP contribution >= 0.6 is 0 Å². The fourth-order valence-electron chi connectivity index (χ4n) is 2.93. The molecule has 108 valence electrons. The summed E-state index contributed by atoms with van der Waals surface area (Å²) in [4.78, 5) is 6.84. The molecule has 0 amide bonds. The number of rotatable bonds is 5. The molecule has 0 fully saturated rings. The molecular formula is C16H24N4. The summed E-state index contributed by atoms with van der Waals surface area (Å²) < 4.78 is 0. The third kappa shape index (κ3) is 3.49. The molecule has 0 aromatic carbocycles. The van der Waals surface area contributed by atoms with Crippen LogP contribution in [0.4, 0.5) is 5.82 Å². The van der Waals surface area contributed by atoms with Crippen LogP contribution in [0.3, 0.4) is 0 Å². The van der Waals surface area contributed by atoms with Gasteiger partial charge in [-0.3, -0.25) is 0 Å². The fourth-order valence-corrected chi connectivity index (χ4v) is 2.93. The van der Waals surface area contributed by atoms with Gasteiger partial charge in [0.1, 0.15) is 11.9 Å². The van der Waals surface area contributed by atoms with Crippen molar-refractivity contribution in [2.75, 3.05) is 32.5 Å². The highest BCUT2D eigenvalue weighted by Gasteiger charge is 2.21. The predicted molar refractivity (Wildman–Crippen MR) is 81.8 cm³/mol. The second-order valence-electron chi connectivity index (χ2n) is 6.71. The van der Waals surface area contributed by atoms with Crippen LogP contribution in [0, 0.1) is 16.7 Å². The highest BCUT2D eigenvalue weighted by Crippen LogP contribution is 2.26. The number of anilines is 1. The average molecular weight is 272 g/mol. The van der Waals surface area contributed by atoms with Crippen LogP contribution in [0.15, 0.2) is 6.07 Å². The van der Waals surface area contributed by atoms with Crippen molar-refractivity contribution >= 4 is 5.82 Å². The van der Waals surface area contributed by atoms with E-state index in [4.69, 9.17) is 0 Å². The molecule has 0 saturated carbocycles. The summed E-state index contributed by atoms with van der Waals surface area (Å²) in [5.74, 6) is 0.750. The maximum absolute atomic E-state index is 9.29. The van der Waals surface area contributed by atoms with Gasteiger partial charge in [-0.05, 0) is 50.4 Å². The van der Waals surface area contributed by atoms with E-state index in [1.807, 2.05) is 6.07 Å². The normalized spacial score (nSPS) is 14.2. The lowest BCUT2D eigenvalue weighted by molar-refractivity contribution is 0.254. The Morgan fingerprint density at radius 1 is 1.40 bits per heavy atom. The summed E-state index contributed by atoms with van der Waals surface area (Å²) in [7, 11) is 4.16. The van der Waals surface area contributed by atoms with Crippen molar-refractivity contribution in [3.05, 3.63) is 22.9 Å². The number of aryl methyl sites for hydroxylation is 2. The number of nitrogens with one attached hydrogen (secondary N) is 1. The van der Waals surface area contributed by atoms with Crippen LogP contribution in [-0.4, -0.2) is 37.1 Å². The summed E-state index contributed by atoms with van der Waals surface area (Å²) in [5, 5.41) is 12.7. The lowest BCUT2D eigenvalue weighted by Gasteiger charge is -2.28. The van der Waals surface area contributed by atoms with Crippen LogP contribution in [0.1, 0.15) is 37.1 Å². The summed E-state index contributed by atoms with van der Waals surface area (Å²) in [6.45, 7) is 6.25. The molecule has 0 saturated heterocycles. The fraction of sp³-hybridized carbons (Fsp3) is 0.625. The minimum atomic E-state index is 0.136. The monoisotopic (exact) mass is 272 g/mol. The van der Waals surface area contributed by atoms with E-state index in [9.17, 15) is 5.26 Å². The van der Waals surface area contributed by atoms with Gasteiger partial charge in [0.15, 0.2) is 0 Å². The van der Waals surface area contributed by atoms with Gasteiger partial charge in [0.25, 0.3) is 0 Å². The molecule has 20 heavy (non-hydrogen) atoms. The maximum Gasteiger partial charge on any atom is 0.144 e. The summed E-state index contributed by atoms with van der Waals surface area (Å²) in [5.41, 5.74) is 3.22. The lowest BCUT2D eigenvalue weighted by Crippen LogP contribution is -2.34. The number of hydrogen-bond donors (Lipinski definition) is 1. The predicted octanol–water partition coefficient (Wildman–Crippen LogP) is 2.44. The third-order valence-corrected chi connectivity index (χ3v) is 3.65. The zero-order chi connectivity index (χ0) is 14.8. The number of pyridine rings is 1. The molecule has 1 N–H and O–H groups in total. The Morgan fingerprint density at radius 2 is 2.15 bits per heavy atom. The second kappa shape index (κ2) is 5.80. The van der Waals surface area contributed by atoms with Crippen molar-refractivity contribution in [1.82, 2.24) is 9.88 Å². The Bertz CT molecular complexity index is 526. The molecule has 1 aromatic heterocycles. The topological polar surface area (TPSA) is 52.0 Å². The van der Waals surface area contributed by atoms with Crippen molar-refractivity contribution in [2.45, 2.75) is 33.1 Å². The molecule has 0 unspecified atom stereocenters. The third-order valence-electron chi connectivity index (χ3n) is 3.65. The van der Waals surface area contributed by atoms with Gasteiger partial charge >= 0.3 is 0 Å². The van der Waals surface area contributed by atoms with E-state index < -0.39 is 0 Å². The van der Waals surface area contributed by atoms with Gasteiger partial charge in [-0.25, -0.2) is 4.98 Å². The van der Waals surface area contributed by atoms with Gasteiger partial charge in [-0.1, -0.05) is 13.8 Å². The quantitative estimate of drug-likeness (QED) is 0.894. The molecule has 0 spiro atoms. The van der Waals surface area contributed by atoms with Crippen LogP contribution in [-0.2, 0) is 12.8 Å². The number of hydrogen-bond acceptors (Lipinski definition) is 4. The smallest absolute Gasteiger partial charge is 0.144 e. The number of fused-ring (bicyclic) bond motifs is 1. The van der Waals surface area contributed by atoms with Crippen LogP contribution in [0.5, 0.6) is 0 Å². The standard InChI is InChI=1S/C16H24N4/c1-16(2,11-20(3)4)10-18-15-13(9-17)8-12-6-5-7-14(12)19-15/h8H,5-7,10-11H2,1-4H3,(H,18,19). The molecule has 2 rings (SSSR count). The van der Waals surface area contributed by atoms with Crippen molar-refractivity contribution in [1.29, 1.82) is 5.26 Å². The van der Waals surface area contributed by atoms with E-state index in [2.05, 4.69) is 49.2 Å². The highest BCUT2D eigenvalue weighted by molar-refractivity contribution is 5.55. The lowest BCUT2D eigenvalue weighted by atomic mass is 9.93. The molecule has 1 aliphatic carbocycles. The first-order valence-electron chi connectivity index (χ1n) is 7.23. The van der Waals surface area contributed by atoms with Gasteiger partial charge in [-0.15, -0.1) is 0 Å². The molecule has 4 heteroatoms. The molecule has 0 aliphatic heterocycles. The molecule has 1 aromatic rings. The Kier molecular flexibility index (Phi) is 4.29. The number of aromatic nitrogens is 1. The highest BCUT2D eigenvalue weighted by atomic mass is 15.1. The first kappa shape index (κ1) is 14.8. The van der Waals surface area contributed by atoms with Crippen molar-refractivity contribution in [3.63, 3.8) is 0 Å². The summed E-state index contributed by atoms with van der Waals surface area (Å²) in [6.07, 6.45) is 3.25. The zero-order valence-corrected chi connectivity index (χ0v) is 13.0. The average Bonchev–Trinajstić information content (AvgIpc) is 2.80. The second-order valence-corrected chi connectivity index (χ2v) is 6.71. The summed E-state index contributed by atoms with van der Waals surface area (Å²) in [6, 6.07) is 4.28. The maximum atomic E-state index is 9.29. The van der Waals surface area contributed by atoms with E-state index in [-0.39, 0.29) is 5.41 Å². The molecule has 0 radical (unpaired) electrons. The summed E-state index contributed by atoms with van der Waals surface area (Å²) >= 11 is 0. The molecule has 4 nitrogen and oxygen atoms in total. The number of nitrogens with zero attached hydrogens (tertiary/aromatic N) is 3. The van der Waals surface area contributed by atoms with Crippen molar-refractivity contribution in [2.24, 2.45) is 5.41 Å². The van der Waals surface area contributed by atoms with Crippen LogP contribution in [0.2, 0.25) is 0 Å². The van der Waals surface area contributed by atoms with E-state index in [0.717, 1.165) is 43.9 Å². The van der Waals surface area contributed by atoms with E-state index in [1.54, 1.807) is 0 Å². The largest absolute Gasteiger partial charge is 0.368 e. The zero-order valence-electron chi connectivity index (χ0n) is 13.0. The molecular weight excluding hydrogens is 248 g/mol. The van der Waals surface area contributed by atoms with Gasteiger partial charge in [-0.2, -0.15) is 5.26 Å². The molecule has 0 atom stereocenters. The van der Waals surface area contributed by atoms with Gasteiger partial charge in [0.05, 0.1) is 5.56 Å². The number of nitriles is 1.